The van der Waals surface area contributed by atoms with Crippen LogP contribution in [-0.2, 0) is 4.79 Å². The number of amides is 1. The van der Waals surface area contributed by atoms with Crippen molar-refractivity contribution < 1.29 is 4.79 Å². The Balaban J connectivity index is 2.84. The summed E-state index contributed by atoms with van der Waals surface area (Å²) >= 11 is 5.88. The normalized spacial score (nSPS) is 10.6. The summed E-state index contributed by atoms with van der Waals surface area (Å²) in [4.78, 5) is 11.6. The van der Waals surface area contributed by atoms with Gasteiger partial charge in [-0.05, 0) is 32.0 Å². The molecule has 0 aliphatic carbocycles. The molecule has 1 aromatic carbocycles. The Bertz CT molecular complexity index is 491. The zero-order valence-corrected chi connectivity index (χ0v) is 11.4. The molecule has 96 valence electrons. The minimum atomic E-state index is -0.566. The maximum atomic E-state index is 11.6. The van der Waals surface area contributed by atoms with Gasteiger partial charge in [-0.15, -0.1) is 0 Å². The quantitative estimate of drug-likeness (QED) is 0.879. The second-order valence-corrected chi connectivity index (χ2v) is 5.05. The molecule has 0 aliphatic heterocycles. The topological polar surface area (TPSA) is 64.9 Å². The average molecular weight is 266 g/mol. The van der Waals surface area contributed by atoms with Gasteiger partial charge in [0.15, 0.2) is 0 Å². The second-order valence-electron chi connectivity index (χ2n) is 4.62. The van der Waals surface area contributed by atoms with Crippen LogP contribution < -0.4 is 10.6 Å². The fraction of sp³-hybridized carbons (Fsp3) is 0.385. The van der Waals surface area contributed by atoms with Gasteiger partial charge in [0.05, 0.1) is 16.7 Å². The Kier molecular flexibility index (Phi) is 4.57. The van der Waals surface area contributed by atoms with Crippen molar-refractivity contribution in [3.8, 4) is 6.07 Å². The first-order valence-corrected chi connectivity index (χ1v) is 5.94. The molecule has 5 heteroatoms. The molecule has 0 heterocycles. The van der Waals surface area contributed by atoms with Crippen LogP contribution in [0.25, 0.3) is 0 Å². The lowest BCUT2D eigenvalue weighted by Gasteiger charge is -2.23. The van der Waals surface area contributed by atoms with Crippen molar-refractivity contribution in [3.05, 3.63) is 28.8 Å². The number of nitrogens with zero attached hydrogens (tertiary/aromatic N) is 1. The summed E-state index contributed by atoms with van der Waals surface area (Å²) in [5.74, 6) is -0.0597. The van der Waals surface area contributed by atoms with Crippen LogP contribution in [-0.4, -0.2) is 19.5 Å². The van der Waals surface area contributed by atoms with Gasteiger partial charge in [0.2, 0.25) is 5.91 Å². The van der Waals surface area contributed by atoms with Crippen LogP contribution in [0.4, 0.5) is 5.69 Å². The Morgan fingerprint density at radius 2 is 2.17 bits per heavy atom. The van der Waals surface area contributed by atoms with E-state index in [1.165, 1.54) is 0 Å². The van der Waals surface area contributed by atoms with Crippen LogP contribution in [0.5, 0.6) is 0 Å². The molecule has 0 aliphatic rings. The minimum Gasteiger partial charge on any atom is -0.383 e. The molecule has 0 radical (unpaired) electrons. The van der Waals surface area contributed by atoms with E-state index < -0.39 is 5.41 Å². The average Bonchev–Trinajstić information content (AvgIpc) is 2.35. The number of halogens is 1. The summed E-state index contributed by atoms with van der Waals surface area (Å²) in [7, 11) is 1.60. The molecule has 0 unspecified atom stereocenters. The zero-order chi connectivity index (χ0) is 13.8. The number of nitriles is 1. The minimum absolute atomic E-state index is 0.0597. The predicted molar refractivity (Wildman–Crippen MR) is 72.5 cm³/mol. The van der Waals surface area contributed by atoms with Crippen LogP contribution in [0, 0.1) is 16.7 Å². The summed E-state index contributed by atoms with van der Waals surface area (Å²) in [6.07, 6.45) is 0. The largest absolute Gasteiger partial charge is 0.383 e. The standard InChI is InChI=1S/C13H16ClN3O/c1-13(2,12(18)16-3)8-17-11-6-10(14)5-4-9(11)7-15/h4-6,17H,8H2,1-3H3,(H,16,18). The summed E-state index contributed by atoms with van der Waals surface area (Å²) < 4.78 is 0. The molecule has 0 spiro atoms. The van der Waals surface area contributed by atoms with Crippen molar-refractivity contribution in [2.45, 2.75) is 13.8 Å². The molecule has 1 amide bonds. The van der Waals surface area contributed by atoms with E-state index in [2.05, 4.69) is 16.7 Å². The van der Waals surface area contributed by atoms with E-state index in [9.17, 15) is 4.79 Å². The lowest BCUT2D eigenvalue weighted by atomic mass is 9.92. The van der Waals surface area contributed by atoms with Crippen molar-refractivity contribution in [2.75, 3.05) is 18.9 Å². The van der Waals surface area contributed by atoms with Crippen LogP contribution in [0.15, 0.2) is 18.2 Å². The number of benzene rings is 1. The molecule has 1 aromatic rings. The van der Waals surface area contributed by atoms with Gasteiger partial charge in [-0.25, -0.2) is 0 Å². The molecule has 0 aromatic heterocycles. The van der Waals surface area contributed by atoms with E-state index in [1.54, 1.807) is 25.2 Å². The van der Waals surface area contributed by atoms with E-state index >= 15 is 0 Å². The molecular weight excluding hydrogens is 250 g/mol. The van der Waals surface area contributed by atoms with Gasteiger partial charge in [-0.3, -0.25) is 4.79 Å². The lowest BCUT2D eigenvalue weighted by molar-refractivity contribution is -0.128. The molecule has 18 heavy (non-hydrogen) atoms. The van der Waals surface area contributed by atoms with Crippen LogP contribution in [0.1, 0.15) is 19.4 Å². The number of nitrogens with one attached hydrogen (secondary N) is 2. The van der Waals surface area contributed by atoms with E-state index in [0.29, 0.717) is 22.8 Å². The Hall–Kier alpha value is -1.73. The Labute approximate surface area is 112 Å². The third kappa shape index (κ3) is 3.38. The SMILES string of the molecule is CNC(=O)C(C)(C)CNc1cc(Cl)ccc1C#N. The van der Waals surface area contributed by atoms with Gasteiger partial charge in [0, 0.05) is 18.6 Å². The summed E-state index contributed by atoms with van der Waals surface area (Å²) in [6.45, 7) is 4.08. The van der Waals surface area contributed by atoms with Crippen molar-refractivity contribution in [1.82, 2.24) is 5.32 Å². The first-order valence-electron chi connectivity index (χ1n) is 5.56. The first-order chi connectivity index (χ1) is 8.40. The number of anilines is 1. The molecule has 0 saturated heterocycles. The van der Waals surface area contributed by atoms with Gasteiger partial charge >= 0.3 is 0 Å². The van der Waals surface area contributed by atoms with E-state index in [-0.39, 0.29) is 5.91 Å². The number of carbonyl (C=O) groups is 1. The molecule has 2 N–H and O–H groups in total. The second kappa shape index (κ2) is 5.74. The molecule has 1 rings (SSSR count). The fourth-order valence-electron chi connectivity index (χ4n) is 1.50. The molecule has 0 bridgehead atoms. The molecule has 0 atom stereocenters. The van der Waals surface area contributed by atoms with Crippen molar-refractivity contribution in [1.29, 1.82) is 5.26 Å². The van der Waals surface area contributed by atoms with Gasteiger partial charge in [-0.1, -0.05) is 11.6 Å². The highest BCUT2D eigenvalue weighted by Gasteiger charge is 2.26. The Morgan fingerprint density at radius 3 is 2.72 bits per heavy atom. The third-order valence-corrected chi connectivity index (χ3v) is 2.90. The first kappa shape index (κ1) is 14.3. The predicted octanol–water partition coefficient (Wildman–Crippen LogP) is 2.40. The number of hydrogen-bond donors (Lipinski definition) is 2. The number of carbonyl (C=O) groups excluding carboxylic acids is 1. The lowest BCUT2D eigenvalue weighted by Crippen LogP contribution is -2.39. The Morgan fingerprint density at radius 1 is 1.50 bits per heavy atom. The maximum Gasteiger partial charge on any atom is 0.227 e. The number of hydrogen-bond acceptors (Lipinski definition) is 3. The summed E-state index contributed by atoms with van der Waals surface area (Å²) in [5, 5.41) is 15.2. The monoisotopic (exact) mass is 265 g/mol. The van der Waals surface area contributed by atoms with Gasteiger partial charge in [0.25, 0.3) is 0 Å². The van der Waals surface area contributed by atoms with E-state index in [4.69, 9.17) is 16.9 Å². The molecular formula is C13H16ClN3O. The third-order valence-electron chi connectivity index (χ3n) is 2.66. The highest BCUT2D eigenvalue weighted by atomic mass is 35.5. The van der Waals surface area contributed by atoms with Crippen LogP contribution in [0.2, 0.25) is 5.02 Å². The van der Waals surface area contributed by atoms with E-state index in [1.807, 2.05) is 13.8 Å². The van der Waals surface area contributed by atoms with Gasteiger partial charge < -0.3 is 10.6 Å². The van der Waals surface area contributed by atoms with E-state index in [0.717, 1.165) is 0 Å². The maximum absolute atomic E-state index is 11.6. The highest BCUT2D eigenvalue weighted by Crippen LogP contribution is 2.23. The summed E-state index contributed by atoms with van der Waals surface area (Å²) in [6, 6.07) is 7.07. The molecule has 4 nitrogen and oxygen atoms in total. The van der Waals surface area contributed by atoms with Gasteiger partial charge in [0.1, 0.15) is 6.07 Å². The summed E-state index contributed by atoms with van der Waals surface area (Å²) in [5.41, 5.74) is 0.582. The molecule has 0 fully saturated rings. The van der Waals surface area contributed by atoms with Crippen LogP contribution >= 0.6 is 11.6 Å². The van der Waals surface area contributed by atoms with Crippen molar-refractivity contribution in [2.24, 2.45) is 5.41 Å². The molecule has 0 saturated carbocycles. The van der Waals surface area contributed by atoms with Crippen LogP contribution in [0.3, 0.4) is 0 Å². The zero-order valence-electron chi connectivity index (χ0n) is 10.7. The smallest absolute Gasteiger partial charge is 0.227 e. The number of rotatable bonds is 4. The fourth-order valence-corrected chi connectivity index (χ4v) is 1.67. The van der Waals surface area contributed by atoms with Gasteiger partial charge in [-0.2, -0.15) is 5.26 Å². The van der Waals surface area contributed by atoms with Crippen molar-refractivity contribution >= 4 is 23.2 Å². The highest BCUT2D eigenvalue weighted by molar-refractivity contribution is 6.30. The van der Waals surface area contributed by atoms with Crippen molar-refractivity contribution in [3.63, 3.8) is 0 Å².